The van der Waals surface area contributed by atoms with Gasteiger partial charge in [0.05, 0.1) is 18.0 Å². The first-order chi connectivity index (χ1) is 14.3. The summed E-state index contributed by atoms with van der Waals surface area (Å²) in [4.78, 5) is 0. The maximum absolute atomic E-state index is 5.87. The van der Waals surface area contributed by atoms with Crippen LogP contribution in [0.4, 0.5) is 0 Å². The zero-order valence-electron chi connectivity index (χ0n) is 18.7. The van der Waals surface area contributed by atoms with E-state index in [0.29, 0.717) is 0 Å². The maximum atomic E-state index is 5.87. The van der Waals surface area contributed by atoms with Gasteiger partial charge in [0.1, 0.15) is 5.75 Å². The highest BCUT2D eigenvalue weighted by atomic mass is 16.5. The molecule has 2 rings (SSSR count). The number of unbranched alkanes of at least 4 members (excludes halogenated alkanes) is 10. The number of benzene rings is 1. The first kappa shape index (κ1) is 23.4. The van der Waals surface area contributed by atoms with Gasteiger partial charge in [-0.2, -0.15) is 10.2 Å². The maximum Gasteiger partial charge on any atom is 0.119 e. The zero-order chi connectivity index (χ0) is 20.6. The van der Waals surface area contributed by atoms with E-state index >= 15 is 0 Å². The highest BCUT2D eigenvalue weighted by Gasteiger charge is 2.03. The molecule has 3 heteroatoms. The molecule has 0 fully saturated rings. The van der Waals surface area contributed by atoms with Crippen LogP contribution >= 0.6 is 0 Å². The molecule has 2 aromatic rings. The molecule has 0 saturated heterocycles. The van der Waals surface area contributed by atoms with Crippen LogP contribution in [0.1, 0.15) is 96.6 Å². The molecule has 3 nitrogen and oxygen atoms in total. The second-order valence-electron chi connectivity index (χ2n) is 8.07. The zero-order valence-corrected chi connectivity index (χ0v) is 18.7. The van der Waals surface area contributed by atoms with E-state index in [0.717, 1.165) is 42.1 Å². The number of ether oxygens (including phenoxy) is 1. The second-order valence-corrected chi connectivity index (χ2v) is 8.07. The molecule has 0 aliphatic rings. The fourth-order valence-electron chi connectivity index (χ4n) is 3.53. The Morgan fingerprint density at radius 1 is 0.621 bits per heavy atom. The van der Waals surface area contributed by atoms with Crippen molar-refractivity contribution in [2.45, 2.75) is 97.3 Å². The van der Waals surface area contributed by atoms with Crippen molar-refractivity contribution in [1.82, 2.24) is 10.2 Å². The Morgan fingerprint density at radius 3 is 1.86 bits per heavy atom. The first-order valence-corrected chi connectivity index (χ1v) is 11.9. The summed E-state index contributed by atoms with van der Waals surface area (Å²) in [6, 6.07) is 12.4. The highest BCUT2D eigenvalue weighted by Crippen LogP contribution is 2.21. The van der Waals surface area contributed by atoms with E-state index in [1.54, 1.807) is 0 Å². The van der Waals surface area contributed by atoms with E-state index in [1.165, 1.54) is 70.6 Å². The van der Waals surface area contributed by atoms with Crippen LogP contribution in [0, 0.1) is 0 Å². The Balaban J connectivity index is 1.68. The Hall–Kier alpha value is -1.90. The molecule has 0 aliphatic carbocycles. The molecule has 0 saturated carbocycles. The molecule has 0 radical (unpaired) electrons. The Labute approximate surface area is 178 Å². The number of rotatable bonds is 16. The standard InChI is InChI=1S/C26H40N2O/c1-3-5-7-9-11-13-15-24-18-21-26(28-27-24)23-16-19-25(20-17-23)29-22-14-12-10-8-6-4-2/h16-21H,3-15,22H2,1-2H3. The highest BCUT2D eigenvalue weighted by molar-refractivity contribution is 5.59. The number of nitrogens with zero attached hydrogens (tertiary/aromatic N) is 2. The van der Waals surface area contributed by atoms with Gasteiger partial charge in [0.25, 0.3) is 0 Å². The minimum Gasteiger partial charge on any atom is -0.494 e. The van der Waals surface area contributed by atoms with Crippen LogP contribution in [-0.2, 0) is 6.42 Å². The quantitative estimate of drug-likeness (QED) is 0.272. The largest absolute Gasteiger partial charge is 0.494 e. The van der Waals surface area contributed by atoms with Gasteiger partial charge in [0.15, 0.2) is 0 Å². The normalized spacial score (nSPS) is 11.0. The second kappa shape index (κ2) is 15.0. The van der Waals surface area contributed by atoms with Crippen LogP contribution in [0.5, 0.6) is 5.75 Å². The van der Waals surface area contributed by atoms with Gasteiger partial charge in [0.2, 0.25) is 0 Å². The summed E-state index contributed by atoms with van der Waals surface area (Å²) in [5.74, 6) is 0.940. The van der Waals surface area contributed by atoms with Gasteiger partial charge in [-0.15, -0.1) is 0 Å². The van der Waals surface area contributed by atoms with Gasteiger partial charge in [-0.25, -0.2) is 0 Å². The number of aryl methyl sites for hydroxylation is 1. The van der Waals surface area contributed by atoms with Crippen molar-refractivity contribution >= 4 is 0 Å². The first-order valence-electron chi connectivity index (χ1n) is 11.9. The minimum atomic E-state index is 0.804. The molecule has 1 heterocycles. The molecule has 1 aromatic heterocycles. The van der Waals surface area contributed by atoms with E-state index in [1.807, 2.05) is 12.1 Å². The molecule has 0 bridgehead atoms. The van der Waals surface area contributed by atoms with Crippen molar-refractivity contribution in [2.24, 2.45) is 0 Å². The molecule has 1 aromatic carbocycles. The lowest BCUT2D eigenvalue weighted by atomic mass is 10.1. The number of hydrogen-bond donors (Lipinski definition) is 0. The van der Waals surface area contributed by atoms with Crippen molar-refractivity contribution in [1.29, 1.82) is 0 Å². The lowest BCUT2D eigenvalue weighted by Crippen LogP contribution is -1.98. The number of hydrogen-bond acceptors (Lipinski definition) is 3. The van der Waals surface area contributed by atoms with Crippen molar-refractivity contribution < 1.29 is 4.74 Å². The summed E-state index contributed by atoms with van der Waals surface area (Å²) in [6.45, 7) is 5.32. The molecule has 29 heavy (non-hydrogen) atoms. The van der Waals surface area contributed by atoms with Crippen LogP contribution in [0.2, 0.25) is 0 Å². The predicted octanol–water partition coefficient (Wildman–Crippen LogP) is 7.79. The minimum absolute atomic E-state index is 0.804. The Morgan fingerprint density at radius 2 is 1.24 bits per heavy atom. The monoisotopic (exact) mass is 396 g/mol. The van der Waals surface area contributed by atoms with Crippen molar-refractivity contribution in [3.8, 4) is 17.0 Å². The van der Waals surface area contributed by atoms with Crippen LogP contribution in [0.25, 0.3) is 11.3 Å². The van der Waals surface area contributed by atoms with E-state index in [-0.39, 0.29) is 0 Å². The molecule has 0 unspecified atom stereocenters. The van der Waals surface area contributed by atoms with Gasteiger partial charge in [-0.1, -0.05) is 78.1 Å². The average Bonchev–Trinajstić information content (AvgIpc) is 2.76. The molecular weight excluding hydrogens is 356 g/mol. The Kier molecular flexibility index (Phi) is 12.1. The molecular formula is C26H40N2O. The van der Waals surface area contributed by atoms with E-state index in [9.17, 15) is 0 Å². The van der Waals surface area contributed by atoms with Gasteiger partial charge < -0.3 is 4.74 Å². The molecule has 0 N–H and O–H groups in total. The van der Waals surface area contributed by atoms with Gasteiger partial charge >= 0.3 is 0 Å². The summed E-state index contributed by atoms with van der Waals surface area (Å²) in [5.41, 5.74) is 3.12. The fourth-order valence-corrected chi connectivity index (χ4v) is 3.53. The van der Waals surface area contributed by atoms with Crippen molar-refractivity contribution in [3.63, 3.8) is 0 Å². The molecule has 0 amide bonds. The van der Waals surface area contributed by atoms with Crippen LogP contribution in [0.15, 0.2) is 36.4 Å². The molecule has 160 valence electrons. The molecule has 0 spiro atoms. The topological polar surface area (TPSA) is 35.0 Å². The Bertz CT molecular complexity index is 637. The van der Waals surface area contributed by atoms with Gasteiger partial charge in [-0.3, -0.25) is 0 Å². The summed E-state index contributed by atoms with van der Waals surface area (Å²) in [7, 11) is 0. The summed E-state index contributed by atoms with van der Waals surface area (Å²) >= 11 is 0. The predicted molar refractivity (Wildman–Crippen MR) is 123 cm³/mol. The van der Waals surface area contributed by atoms with E-state index in [4.69, 9.17) is 4.74 Å². The van der Waals surface area contributed by atoms with E-state index in [2.05, 4.69) is 48.3 Å². The van der Waals surface area contributed by atoms with E-state index < -0.39 is 0 Å². The third kappa shape index (κ3) is 9.92. The fraction of sp³-hybridized carbons (Fsp3) is 0.615. The van der Waals surface area contributed by atoms with Gasteiger partial charge in [-0.05, 0) is 55.7 Å². The smallest absolute Gasteiger partial charge is 0.119 e. The van der Waals surface area contributed by atoms with Gasteiger partial charge in [0, 0.05) is 5.56 Å². The van der Waals surface area contributed by atoms with Crippen molar-refractivity contribution in [3.05, 3.63) is 42.1 Å². The third-order valence-corrected chi connectivity index (χ3v) is 5.42. The summed E-state index contributed by atoms with van der Waals surface area (Å²) in [6.07, 6.45) is 16.6. The average molecular weight is 397 g/mol. The molecule has 0 atom stereocenters. The summed E-state index contributed by atoms with van der Waals surface area (Å²) < 4.78 is 5.87. The SMILES string of the molecule is CCCCCCCCOc1ccc(-c2ccc(CCCCCCCC)nn2)cc1. The number of aromatic nitrogens is 2. The molecule has 0 aliphatic heterocycles. The lowest BCUT2D eigenvalue weighted by molar-refractivity contribution is 0.304. The third-order valence-electron chi connectivity index (χ3n) is 5.42. The van der Waals surface area contributed by atoms with Crippen LogP contribution in [-0.4, -0.2) is 16.8 Å². The lowest BCUT2D eigenvalue weighted by Gasteiger charge is -2.07. The summed E-state index contributed by atoms with van der Waals surface area (Å²) in [5, 5.41) is 8.85. The van der Waals surface area contributed by atoms with Crippen molar-refractivity contribution in [2.75, 3.05) is 6.61 Å². The van der Waals surface area contributed by atoms with Crippen LogP contribution < -0.4 is 4.74 Å². The van der Waals surface area contributed by atoms with Crippen LogP contribution in [0.3, 0.4) is 0 Å².